The summed E-state index contributed by atoms with van der Waals surface area (Å²) in [5, 5.41) is 7.06. The second kappa shape index (κ2) is 6.06. The van der Waals surface area contributed by atoms with Crippen LogP contribution in [0.5, 0.6) is 0 Å². The molecule has 6 heteroatoms. The minimum absolute atomic E-state index is 0.00123. The molecular formula is C13H25N5O. The lowest BCUT2D eigenvalue weighted by atomic mass is 9.93. The van der Waals surface area contributed by atoms with E-state index in [4.69, 9.17) is 5.73 Å². The molecule has 0 atom stereocenters. The van der Waals surface area contributed by atoms with Gasteiger partial charge in [0, 0.05) is 25.8 Å². The number of nitrogen functional groups attached to an aromatic ring is 1. The van der Waals surface area contributed by atoms with Crippen molar-refractivity contribution in [3.8, 4) is 0 Å². The van der Waals surface area contributed by atoms with Gasteiger partial charge in [-0.15, -0.1) is 0 Å². The van der Waals surface area contributed by atoms with Crippen LogP contribution in [0.2, 0.25) is 0 Å². The van der Waals surface area contributed by atoms with E-state index in [9.17, 15) is 4.79 Å². The lowest BCUT2D eigenvalue weighted by molar-refractivity contribution is 0.0924. The molecule has 3 N–H and O–H groups in total. The first-order chi connectivity index (χ1) is 8.75. The Morgan fingerprint density at radius 1 is 1.53 bits per heavy atom. The number of carbonyl (C=O) groups is 1. The molecule has 108 valence electrons. The van der Waals surface area contributed by atoms with Crippen LogP contribution >= 0.6 is 0 Å². The first-order valence-corrected chi connectivity index (χ1v) is 6.51. The van der Waals surface area contributed by atoms with Gasteiger partial charge < -0.3 is 16.0 Å². The fraction of sp³-hybridized carbons (Fsp3) is 0.692. The van der Waals surface area contributed by atoms with Gasteiger partial charge in [0.25, 0.3) is 5.91 Å². The molecule has 0 aliphatic heterocycles. The van der Waals surface area contributed by atoms with Gasteiger partial charge in [-0.1, -0.05) is 13.8 Å². The third-order valence-corrected chi connectivity index (χ3v) is 2.80. The van der Waals surface area contributed by atoms with Gasteiger partial charge in [0.15, 0.2) is 5.69 Å². The number of hydrogen-bond acceptors (Lipinski definition) is 4. The van der Waals surface area contributed by atoms with Crippen molar-refractivity contribution >= 4 is 11.6 Å². The molecule has 1 heterocycles. The van der Waals surface area contributed by atoms with E-state index in [1.807, 2.05) is 21.0 Å². The number of nitrogens with two attached hydrogens (primary N) is 1. The Hall–Kier alpha value is -1.56. The highest BCUT2D eigenvalue weighted by atomic mass is 16.2. The van der Waals surface area contributed by atoms with Crippen LogP contribution < -0.4 is 11.1 Å². The van der Waals surface area contributed by atoms with Gasteiger partial charge in [-0.05, 0) is 26.4 Å². The molecule has 1 rings (SSSR count). The molecule has 0 bridgehead atoms. The summed E-state index contributed by atoms with van der Waals surface area (Å²) < 4.78 is 1.66. The first-order valence-electron chi connectivity index (χ1n) is 6.51. The highest BCUT2D eigenvalue weighted by molar-refractivity contribution is 5.97. The van der Waals surface area contributed by atoms with Crippen LogP contribution in [0.3, 0.4) is 0 Å². The van der Waals surface area contributed by atoms with Crippen molar-refractivity contribution in [1.29, 1.82) is 0 Å². The summed E-state index contributed by atoms with van der Waals surface area (Å²) in [6.45, 7) is 8.36. The molecule has 0 aliphatic rings. The minimum atomic E-state index is -0.212. The molecule has 0 radical (unpaired) electrons. The van der Waals surface area contributed by atoms with E-state index in [1.165, 1.54) is 0 Å². The fourth-order valence-corrected chi connectivity index (χ4v) is 2.09. The van der Waals surface area contributed by atoms with Crippen LogP contribution in [0.1, 0.15) is 31.3 Å². The average Bonchev–Trinajstić information content (AvgIpc) is 2.66. The van der Waals surface area contributed by atoms with Gasteiger partial charge in [-0.25, -0.2) is 0 Å². The number of aromatic nitrogens is 2. The zero-order valence-corrected chi connectivity index (χ0v) is 12.5. The molecule has 0 saturated carbocycles. The number of rotatable bonds is 6. The Morgan fingerprint density at radius 3 is 2.63 bits per heavy atom. The lowest BCUT2D eigenvalue weighted by Gasteiger charge is -2.28. The summed E-state index contributed by atoms with van der Waals surface area (Å²) >= 11 is 0. The topological polar surface area (TPSA) is 76.2 Å². The van der Waals surface area contributed by atoms with E-state index in [0.717, 1.165) is 6.54 Å². The van der Waals surface area contributed by atoms with Crippen LogP contribution in [0.4, 0.5) is 5.69 Å². The minimum Gasteiger partial charge on any atom is -0.396 e. The van der Waals surface area contributed by atoms with E-state index in [2.05, 4.69) is 29.2 Å². The molecule has 0 unspecified atom stereocenters. The van der Waals surface area contributed by atoms with Gasteiger partial charge in [0.05, 0.1) is 5.69 Å². The van der Waals surface area contributed by atoms with E-state index in [-0.39, 0.29) is 11.3 Å². The molecule has 0 fully saturated rings. The van der Waals surface area contributed by atoms with Crippen molar-refractivity contribution < 1.29 is 4.79 Å². The predicted molar refractivity (Wildman–Crippen MR) is 77.0 cm³/mol. The van der Waals surface area contributed by atoms with Gasteiger partial charge in [0.1, 0.15) is 0 Å². The summed E-state index contributed by atoms with van der Waals surface area (Å²) in [5.74, 6) is -0.212. The van der Waals surface area contributed by atoms with Crippen molar-refractivity contribution in [2.24, 2.45) is 5.41 Å². The van der Waals surface area contributed by atoms with Gasteiger partial charge in [-0.3, -0.25) is 9.48 Å². The standard InChI is InChI=1S/C13H25N5O/c1-6-18-7-10(14)11(16-18)12(19)15-8-13(2,3)9-17(4)5/h7H,6,8-9,14H2,1-5H3,(H,15,19). The lowest BCUT2D eigenvalue weighted by Crippen LogP contribution is -2.40. The Morgan fingerprint density at radius 2 is 2.16 bits per heavy atom. The summed E-state index contributed by atoms with van der Waals surface area (Å²) in [4.78, 5) is 14.2. The maximum absolute atomic E-state index is 12.0. The third kappa shape index (κ3) is 4.55. The van der Waals surface area contributed by atoms with E-state index < -0.39 is 0 Å². The monoisotopic (exact) mass is 267 g/mol. The Labute approximate surface area is 114 Å². The fourth-order valence-electron chi connectivity index (χ4n) is 2.09. The molecule has 0 spiro atoms. The maximum Gasteiger partial charge on any atom is 0.273 e. The molecule has 1 aromatic heterocycles. The number of aryl methyl sites for hydroxylation is 1. The smallest absolute Gasteiger partial charge is 0.273 e. The SMILES string of the molecule is CCn1cc(N)c(C(=O)NCC(C)(C)CN(C)C)n1. The normalized spacial score (nSPS) is 11.9. The second-order valence-corrected chi connectivity index (χ2v) is 5.87. The molecule has 6 nitrogen and oxygen atoms in total. The Kier molecular flexibility index (Phi) is 4.94. The van der Waals surface area contributed by atoms with Crippen molar-refractivity contribution in [2.75, 3.05) is 32.9 Å². The Balaban J connectivity index is 2.62. The van der Waals surface area contributed by atoms with Crippen molar-refractivity contribution in [2.45, 2.75) is 27.3 Å². The van der Waals surface area contributed by atoms with Crippen LogP contribution in [0.15, 0.2) is 6.20 Å². The van der Waals surface area contributed by atoms with Crippen LogP contribution in [0.25, 0.3) is 0 Å². The summed E-state index contributed by atoms with van der Waals surface area (Å²) in [7, 11) is 4.04. The number of amides is 1. The van der Waals surface area contributed by atoms with Gasteiger partial charge in [-0.2, -0.15) is 5.10 Å². The highest BCUT2D eigenvalue weighted by Gasteiger charge is 2.22. The number of hydrogen-bond donors (Lipinski definition) is 2. The van der Waals surface area contributed by atoms with Gasteiger partial charge in [0.2, 0.25) is 0 Å². The number of nitrogens with one attached hydrogen (secondary N) is 1. The molecular weight excluding hydrogens is 242 g/mol. The Bertz CT molecular complexity index is 436. The van der Waals surface area contributed by atoms with Gasteiger partial charge >= 0.3 is 0 Å². The first kappa shape index (κ1) is 15.5. The molecule has 19 heavy (non-hydrogen) atoms. The molecule has 0 aromatic carbocycles. The van der Waals surface area contributed by atoms with E-state index in [1.54, 1.807) is 10.9 Å². The number of carbonyl (C=O) groups excluding carboxylic acids is 1. The zero-order valence-electron chi connectivity index (χ0n) is 12.5. The average molecular weight is 267 g/mol. The summed E-state index contributed by atoms with van der Waals surface area (Å²) in [6.07, 6.45) is 1.68. The largest absolute Gasteiger partial charge is 0.396 e. The predicted octanol–water partition coefficient (Wildman–Crippen LogP) is 0.803. The maximum atomic E-state index is 12.0. The molecule has 0 aliphatic carbocycles. The third-order valence-electron chi connectivity index (χ3n) is 2.80. The van der Waals surface area contributed by atoms with E-state index >= 15 is 0 Å². The van der Waals surface area contributed by atoms with Crippen LogP contribution in [-0.4, -0.2) is 47.8 Å². The molecule has 1 aromatic rings. The summed E-state index contributed by atoms with van der Waals surface area (Å²) in [6, 6.07) is 0. The second-order valence-electron chi connectivity index (χ2n) is 5.87. The quantitative estimate of drug-likeness (QED) is 0.799. The van der Waals surface area contributed by atoms with Crippen molar-refractivity contribution in [3.05, 3.63) is 11.9 Å². The number of anilines is 1. The van der Waals surface area contributed by atoms with Crippen LogP contribution in [0, 0.1) is 5.41 Å². The van der Waals surface area contributed by atoms with E-state index in [0.29, 0.717) is 24.5 Å². The van der Waals surface area contributed by atoms with Crippen LogP contribution in [-0.2, 0) is 6.54 Å². The van der Waals surface area contributed by atoms with Crippen molar-refractivity contribution in [3.63, 3.8) is 0 Å². The summed E-state index contributed by atoms with van der Waals surface area (Å²) in [5.41, 5.74) is 6.52. The van der Waals surface area contributed by atoms with Crippen molar-refractivity contribution in [1.82, 2.24) is 20.0 Å². The number of nitrogens with zero attached hydrogens (tertiary/aromatic N) is 3. The molecule has 1 amide bonds. The highest BCUT2D eigenvalue weighted by Crippen LogP contribution is 2.15. The molecule has 0 saturated heterocycles. The zero-order chi connectivity index (χ0) is 14.6.